The van der Waals surface area contributed by atoms with Gasteiger partial charge in [0.1, 0.15) is 5.75 Å². The first kappa shape index (κ1) is 21.8. The summed E-state index contributed by atoms with van der Waals surface area (Å²) in [5.74, 6) is 2.75. The van der Waals surface area contributed by atoms with Crippen LogP contribution in [0.5, 0.6) is 5.75 Å². The van der Waals surface area contributed by atoms with Gasteiger partial charge in [-0.25, -0.2) is 0 Å². The Labute approximate surface area is 177 Å². The first-order valence-electron chi connectivity index (χ1n) is 11.8. The van der Waals surface area contributed by atoms with Crippen LogP contribution in [0.3, 0.4) is 0 Å². The van der Waals surface area contributed by atoms with E-state index in [4.69, 9.17) is 4.74 Å². The molecule has 1 fully saturated rings. The second kappa shape index (κ2) is 11.9. The molecule has 0 saturated heterocycles. The molecule has 3 heteroatoms. The third-order valence-electron chi connectivity index (χ3n) is 6.33. The monoisotopic (exact) mass is 394 g/mol. The molecule has 1 aliphatic carbocycles. The van der Waals surface area contributed by atoms with Gasteiger partial charge in [-0.3, -0.25) is 0 Å². The van der Waals surface area contributed by atoms with Gasteiger partial charge in [0.2, 0.25) is 0 Å². The van der Waals surface area contributed by atoms with E-state index in [1.54, 1.807) is 0 Å². The summed E-state index contributed by atoms with van der Waals surface area (Å²) in [6.45, 7) is 5.43. The molecule has 0 spiro atoms. The van der Waals surface area contributed by atoms with Crippen LogP contribution in [0.25, 0.3) is 11.3 Å². The molecule has 3 nitrogen and oxygen atoms in total. The predicted octanol–water partition coefficient (Wildman–Crippen LogP) is 7.25. The standard InChI is InChI=1S/C26H38N2O/c1-3-4-5-6-7-20-29-25-17-13-23(14-18-25)26-19-16-24(27-28-26)15-12-22-10-8-21(2)9-11-22/h13-14,16-19,21-22H,3-12,15,20H2,1-2H3. The van der Waals surface area contributed by atoms with E-state index in [1.165, 1.54) is 57.8 Å². The zero-order valence-electron chi connectivity index (χ0n) is 18.4. The number of benzene rings is 1. The fourth-order valence-electron chi connectivity index (χ4n) is 4.23. The second-order valence-corrected chi connectivity index (χ2v) is 8.86. The lowest BCUT2D eigenvalue weighted by Crippen LogP contribution is -2.13. The lowest BCUT2D eigenvalue weighted by Gasteiger charge is -2.25. The molecule has 0 bridgehead atoms. The summed E-state index contributed by atoms with van der Waals surface area (Å²) in [5.41, 5.74) is 3.15. The molecule has 0 atom stereocenters. The van der Waals surface area contributed by atoms with Gasteiger partial charge >= 0.3 is 0 Å². The minimum Gasteiger partial charge on any atom is -0.494 e. The Morgan fingerprint density at radius 1 is 0.862 bits per heavy atom. The lowest BCUT2D eigenvalue weighted by molar-refractivity contribution is 0.277. The van der Waals surface area contributed by atoms with Crippen molar-refractivity contribution in [1.82, 2.24) is 10.2 Å². The quantitative estimate of drug-likeness (QED) is 0.376. The van der Waals surface area contributed by atoms with Gasteiger partial charge in [-0.05, 0) is 67.5 Å². The van der Waals surface area contributed by atoms with Crippen molar-refractivity contribution >= 4 is 0 Å². The lowest BCUT2D eigenvalue weighted by atomic mass is 9.81. The highest BCUT2D eigenvalue weighted by atomic mass is 16.5. The molecule has 0 unspecified atom stereocenters. The van der Waals surface area contributed by atoms with Gasteiger partial charge in [-0.1, -0.05) is 65.2 Å². The molecule has 29 heavy (non-hydrogen) atoms. The average Bonchev–Trinajstić information content (AvgIpc) is 2.77. The van der Waals surface area contributed by atoms with Crippen LogP contribution in [-0.2, 0) is 6.42 Å². The fraction of sp³-hybridized carbons (Fsp3) is 0.615. The van der Waals surface area contributed by atoms with Crippen LogP contribution in [0, 0.1) is 11.8 Å². The van der Waals surface area contributed by atoms with Gasteiger partial charge in [0.05, 0.1) is 18.0 Å². The van der Waals surface area contributed by atoms with Crippen LogP contribution in [0.4, 0.5) is 0 Å². The Morgan fingerprint density at radius 2 is 1.62 bits per heavy atom. The Bertz CT molecular complexity index is 688. The SMILES string of the molecule is CCCCCCCOc1ccc(-c2ccc(CCC3CCC(C)CC3)nn2)cc1. The first-order chi connectivity index (χ1) is 14.2. The van der Waals surface area contributed by atoms with Gasteiger partial charge in [-0.15, -0.1) is 0 Å². The molecule has 0 amide bonds. The molecule has 1 aromatic carbocycles. The van der Waals surface area contributed by atoms with Crippen LogP contribution >= 0.6 is 0 Å². The summed E-state index contributed by atoms with van der Waals surface area (Å²) < 4.78 is 5.86. The number of ether oxygens (including phenoxy) is 1. The number of aromatic nitrogens is 2. The zero-order valence-corrected chi connectivity index (χ0v) is 18.4. The number of hydrogen-bond acceptors (Lipinski definition) is 3. The van der Waals surface area contributed by atoms with Crippen molar-refractivity contribution < 1.29 is 4.74 Å². The molecule has 1 heterocycles. The number of nitrogens with zero attached hydrogens (tertiary/aromatic N) is 2. The summed E-state index contributed by atoms with van der Waals surface area (Å²) >= 11 is 0. The summed E-state index contributed by atoms with van der Waals surface area (Å²) in [7, 11) is 0. The summed E-state index contributed by atoms with van der Waals surface area (Å²) in [5, 5.41) is 8.95. The number of aryl methyl sites for hydroxylation is 1. The highest BCUT2D eigenvalue weighted by molar-refractivity contribution is 5.59. The average molecular weight is 395 g/mol. The molecule has 1 aliphatic rings. The van der Waals surface area contributed by atoms with E-state index >= 15 is 0 Å². The second-order valence-electron chi connectivity index (χ2n) is 8.86. The van der Waals surface area contributed by atoms with E-state index in [-0.39, 0.29) is 0 Å². The van der Waals surface area contributed by atoms with Crippen LogP contribution in [-0.4, -0.2) is 16.8 Å². The molecule has 0 aliphatic heterocycles. The van der Waals surface area contributed by atoms with E-state index in [2.05, 4.69) is 48.3 Å². The predicted molar refractivity (Wildman–Crippen MR) is 121 cm³/mol. The summed E-state index contributed by atoms with van der Waals surface area (Å²) in [4.78, 5) is 0. The maximum Gasteiger partial charge on any atom is 0.119 e. The Balaban J connectivity index is 1.42. The number of hydrogen-bond donors (Lipinski definition) is 0. The minimum atomic E-state index is 0.803. The maximum atomic E-state index is 5.86. The van der Waals surface area contributed by atoms with Crippen LogP contribution in [0.2, 0.25) is 0 Å². The fourth-order valence-corrected chi connectivity index (χ4v) is 4.23. The summed E-state index contributed by atoms with van der Waals surface area (Å²) in [6, 6.07) is 12.5. The van der Waals surface area contributed by atoms with Crippen LogP contribution in [0.15, 0.2) is 36.4 Å². The van der Waals surface area contributed by atoms with Gasteiger partial charge < -0.3 is 4.74 Å². The van der Waals surface area contributed by atoms with Gasteiger partial charge in [-0.2, -0.15) is 10.2 Å². The Kier molecular flexibility index (Phi) is 8.98. The molecule has 158 valence electrons. The molecule has 0 N–H and O–H groups in total. The van der Waals surface area contributed by atoms with E-state index in [9.17, 15) is 0 Å². The van der Waals surface area contributed by atoms with E-state index in [1.807, 2.05) is 12.1 Å². The van der Waals surface area contributed by atoms with Crippen molar-refractivity contribution in [1.29, 1.82) is 0 Å². The van der Waals surface area contributed by atoms with Crippen molar-refractivity contribution in [2.75, 3.05) is 6.61 Å². The topological polar surface area (TPSA) is 35.0 Å². The number of rotatable bonds is 11. The molecule has 1 saturated carbocycles. The van der Waals surface area contributed by atoms with Gasteiger partial charge in [0.15, 0.2) is 0 Å². The van der Waals surface area contributed by atoms with Crippen molar-refractivity contribution in [3.8, 4) is 17.0 Å². The molecule has 0 radical (unpaired) electrons. The largest absolute Gasteiger partial charge is 0.494 e. The first-order valence-corrected chi connectivity index (χ1v) is 11.8. The Hall–Kier alpha value is -1.90. The highest BCUT2D eigenvalue weighted by Crippen LogP contribution is 2.31. The van der Waals surface area contributed by atoms with Gasteiger partial charge in [0, 0.05) is 5.56 Å². The molecule has 1 aromatic heterocycles. The van der Waals surface area contributed by atoms with Crippen molar-refractivity contribution in [3.05, 3.63) is 42.1 Å². The van der Waals surface area contributed by atoms with Crippen LogP contribution < -0.4 is 4.74 Å². The third-order valence-corrected chi connectivity index (χ3v) is 6.33. The highest BCUT2D eigenvalue weighted by Gasteiger charge is 2.18. The number of unbranched alkanes of at least 4 members (excludes halogenated alkanes) is 4. The van der Waals surface area contributed by atoms with E-state index in [0.717, 1.165) is 54.0 Å². The summed E-state index contributed by atoms with van der Waals surface area (Å²) in [6.07, 6.45) is 14.2. The normalized spacial score (nSPS) is 19.2. The van der Waals surface area contributed by atoms with Gasteiger partial charge in [0.25, 0.3) is 0 Å². The van der Waals surface area contributed by atoms with Crippen molar-refractivity contribution in [2.24, 2.45) is 11.8 Å². The van der Waals surface area contributed by atoms with Crippen LogP contribution in [0.1, 0.15) is 83.7 Å². The minimum absolute atomic E-state index is 0.803. The molecule has 2 aromatic rings. The molecular weight excluding hydrogens is 356 g/mol. The smallest absolute Gasteiger partial charge is 0.119 e. The zero-order chi connectivity index (χ0) is 20.3. The Morgan fingerprint density at radius 3 is 2.31 bits per heavy atom. The maximum absolute atomic E-state index is 5.86. The van der Waals surface area contributed by atoms with E-state index < -0.39 is 0 Å². The van der Waals surface area contributed by atoms with Crippen molar-refractivity contribution in [2.45, 2.75) is 84.5 Å². The van der Waals surface area contributed by atoms with E-state index in [0.29, 0.717) is 0 Å². The molecular formula is C26H38N2O. The molecule has 3 rings (SSSR count). The van der Waals surface area contributed by atoms with Crippen molar-refractivity contribution in [3.63, 3.8) is 0 Å². The third kappa shape index (κ3) is 7.45.